The largest absolute Gasteiger partial charge is 0.478 e. The molecule has 1 aromatic carbocycles. The maximum Gasteiger partial charge on any atom is 0.415 e. The Morgan fingerprint density at radius 1 is 1.44 bits per heavy atom. The van der Waals surface area contributed by atoms with Gasteiger partial charge in [0.15, 0.2) is 0 Å². The molecule has 1 aliphatic rings. The summed E-state index contributed by atoms with van der Waals surface area (Å²) in [5.41, 5.74) is 1.73. The molecular weight excluding hydrogens is 210 g/mol. The van der Waals surface area contributed by atoms with Crippen LogP contribution in [0.4, 0.5) is 10.5 Å². The maximum absolute atomic E-state index is 11.4. The van der Waals surface area contributed by atoms with E-state index >= 15 is 0 Å². The number of nitrogens with zero attached hydrogens (tertiary/aromatic N) is 1. The number of aryl methyl sites for hydroxylation is 1. The molecule has 0 spiro atoms. The molecule has 0 bridgehead atoms. The van der Waals surface area contributed by atoms with Gasteiger partial charge in [0, 0.05) is 5.69 Å². The molecule has 1 aromatic rings. The number of carbonyl (C=O) groups is 2. The van der Waals surface area contributed by atoms with Gasteiger partial charge < -0.3 is 9.84 Å². The number of cyclic esters (lactones) is 1. The molecule has 16 heavy (non-hydrogen) atoms. The van der Waals surface area contributed by atoms with E-state index in [0.717, 1.165) is 5.56 Å². The minimum atomic E-state index is -1.12. The van der Waals surface area contributed by atoms with E-state index in [1.54, 1.807) is 12.1 Å². The first kappa shape index (κ1) is 10.5. The number of carboxylic acid groups (broad SMARTS) is 1. The molecule has 0 saturated carbocycles. The lowest BCUT2D eigenvalue weighted by Crippen LogP contribution is -2.27. The molecular formula is C11H11NO4. The quantitative estimate of drug-likeness (QED) is 0.819. The van der Waals surface area contributed by atoms with Crippen molar-refractivity contribution in [3.63, 3.8) is 0 Å². The normalized spacial score (nSPS) is 19.7. The number of benzene rings is 1. The third kappa shape index (κ3) is 1.84. The van der Waals surface area contributed by atoms with Crippen molar-refractivity contribution in [1.29, 1.82) is 0 Å². The molecule has 1 heterocycles. The highest BCUT2D eigenvalue weighted by atomic mass is 16.6. The SMILES string of the molecule is Cc1ccc(N2C[C@H](C(=O)O)OC2=O)cc1. The second kappa shape index (κ2) is 3.84. The molecule has 1 fully saturated rings. The Bertz CT molecular complexity index is 426. The molecule has 1 amide bonds. The lowest BCUT2D eigenvalue weighted by atomic mass is 10.2. The Morgan fingerprint density at radius 2 is 2.06 bits per heavy atom. The molecule has 1 saturated heterocycles. The van der Waals surface area contributed by atoms with Crippen LogP contribution in [0.3, 0.4) is 0 Å². The standard InChI is InChI=1S/C11H11NO4/c1-7-2-4-8(5-3-7)12-6-9(10(13)14)16-11(12)15/h2-5,9H,6H2,1H3,(H,13,14)/t9-/m1/s1. The summed E-state index contributed by atoms with van der Waals surface area (Å²) in [6.07, 6.45) is -1.69. The van der Waals surface area contributed by atoms with E-state index in [9.17, 15) is 9.59 Å². The molecule has 0 aliphatic carbocycles. The van der Waals surface area contributed by atoms with E-state index in [0.29, 0.717) is 5.69 Å². The summed E-state index contributed by atoms with van der Waals surface area (Å²) in [6.45, 7) is 1.99. The van der Waals surface area contributed by atoms with E-state index in [4.69, 9.17) is 9.84 Å². The second-order valence-electron chi connectivity index (χ2n) is 3.66. The number of amides is 1. The Kier molecular flexibility index (Phi) is 2.52. The first-order valence-electron chi connectivity index (χ1n) is 4.85. The van der Waals surface area contributed by atoms with Crippen molar-refractivity contribution in [2.45, 2.75) is 13.0 Å². The van der Waals surface area contributed by atoms with E-state index in [1.807, 2.05) is 19.1 Å². The second-order valence-corrected chi connectivity index (χ2v) is 3.66. The number of rotatable bonds is 2. The Morgan fingerprint density at radius 3 is 2.56 bits per heavy atom. The van der Waals surface area contributed by atoms with E-state index in [-0.39, 0.29) is 6.54 Å². The van der Waals surface area contributed by atoms with Crippen LogP contribution in [-0.2, 0) is 9.53 Å². The van der Waals surface area contributed by atoms with Crippen molar-refractivity contribution >= 4 is 17.7 Å². The van der Waals surface area contributed by atoms with Crippen LogP contribution in [-0.4, -0.2) is 29.8 Å². The summed E-state index contributed by atoms with van der Waals surface area (Å²) in [5.74, 6) is -1.12. The van der Waals surface area contributed by atoms with Crippen molar-refractivity contribution in [2.24, 2.45) is 0 Å². The summed E-state index contributed by atoms with van der Waals surface area (Å²) in [4.78, 5) is 23.4. The maximum atomic E-state index is 11.4. The average Bonchev–Trinajstić information content (AvgIpc) is 2.62. The number of anilines is 1. The van der Waals surface area contributed by atoms with Gasteiger partial charge in [-0.1, -0.05) is 17.7 Å². The molecule has 84 valence electrons. The highest BCUT2D eigenvalue weighted by molar-refractivity contribution is 5.93. The Hall–Kier alpha value is -2.04. The molecule has 2 rings (SSSR count). The van der Waals surface area contributed by atoms with Crippen molar-refractivity contribution in [3.8, 4) is 0 Å². The Labute approximate surface area is 92.2 Å². The van der Waals surface area contributed by atoms with Gasteiger partial charge in [-0.15, -0.1) is 0 Å². The van der Waals surface area contributed by atoms with Gasteiger partial charge in [-0.25, -0.2) is 9.59 Å². The van der Waals surface area contributed by atoms with Crippen molar-refractivity contribution in [3.05, 3.63) is 29.8 Å². The molecule has 1 aliphatic heterocycles. The minimum Gasteiger partial charge on any atom is -0.478 e. The van der Waals surface area contributed by atoms with Crippen LogP contribution >= 0.6 is 0 Å². The third-order valence-electron chi connectivity index (χ3n) is 2.43. The highest BCUT2D eigenvalue weighted by Crippen LogP contribution is 2.21. The number of hydrogen-bond acceptors (Lipinski definition) is 3. The van der Waals surface area contributed by atoms with Crippen LogP contribution < -0.4 is 4.90 Å². The molecule has 5 heteroatoms. The van der Waals surface area contributed by atoms with Gasteiger partial charge in [0.1, 0.15) is 0 Å². The first-order chi connectivity index (χ1) is 7.58. The predicted octanol–water partition coefficient (Wildman–Crippen LogP) is 1.40. The van der Waals surface area contributed by atoms with Crippen LogP contribution in [0.1, 0.15) is 5.56 Å². The minimum absolute atomic E-state index is 0.0528. The van der Waals surface area contributed by atoms with E-state index in [2.05, 4.69) is 0 Å². The number of carboxylic acids is 1. The van der Waals surface area contributed by atoms with Gasteiger partial charge in [-0.05, 0) is 19.1 Å². The van der Waals surface area contributed by atoms with Gasteiger partial charge in [0.25, 0.3) is 0 Å². The first-order valence-corrected chi connectivity index (χ1v) is 4.85. The van der Waals surface area contributed by atoms with Crippen LogP contribution in [0, 0.1) is 6.92 Å². The third-order valence-corrected chi connectivity index (χ3v) is 2.43. The van der Waals surface area contributed by atoms with Gasteiger partial charge in [-0.2, -0.15) is 0 Å². The van der Waals surface area contributed by atoms with Crippen molar-refractivity contribution in [2.75, 3.05) is 11.4 Å². The van der Waals surface area contributed by atoms with Crippen LogP contribution in [0.15, 0.2) is 24.3 Å². The monoisotopic (exact) mass is 221 g/mol. The lowest BCUT2D eigenvalue weighted by molar-refractivity contribution is -0.144. The number of carbonyl (C=O) groups excluding carboxylic acids is 1. The van der Waals surface area contributed by atoms with E-state index < -0.39 is 18.2 Å². The number of aliphatic carboxylic acids is 1. The van der Waals surface area contributed by atoms with Crippen molar-refractivity contribution in [1.82, 2.24) is 0 Å². The fourth-order valence-corrected chi connectivity index (χ4v) is 1.53. The zero-order valence-corrected chi connectivity index (χ0v) is 8.71. The topological polar surface area (TPSA) is 66.8 Å². The average molecular weight is 221 g/mol. The summed E-state index contributed by atoms with van der Waals surface area (Å²) in [5, 5.41) is 8.74. The van der Waals surface area contributed by atoms with Gasteiger partial charge in [0.05, 0.1) is 6.54 Å². The Balaban J connectivity index is 2.20. The fraction of sp³-hybridized carbons (Fsp3) is 0.273. The number of ether oxygens (including phenoxy) is 1. The van der Waals surface area contributed by atoms with Crippen molar-refractivity contribution < 1.29 is 19.4 Å². The van der Waals surface area contributed by atoms with Gasteiger partial charge in [0.2, 0.25) is 6.10 Å². The van der Waals surface area contributed by atoms with E-state index in [1.165, 1.54) is 4.90 Å². The summed E-state index contributed by atoms with van der Waals surface area (Å²) < 4.78 is 4.71. The molecule has 0 aromatic heterocycles. The molecule has 0 radical (unpaired) electrons. The fourth-order valence-electron chi connectivity index (χ4n) is 1.53. The summed E-state index contributed by atoms with van der Waals surface area (Å²) in [7, 11) is 0. The molecule has 5 nitrogen and oxygen atoms in total. The zero-order valence-electron chi connectivity index (χ0n) is 8.71. The lowest BCUT2D eigenvalue weighted by Gasteiger charge is -2.12. The van der Waals surface area contributed by atoms with Crippen LogP contribution in [0.5, 0.6) is 0 Å². The van der Waals surface area contributed by atoms with Gasteiger partial charge in [-0.3, -0.25) is 4.90 Å². The van der Waals surface area contributed by atoms with Crippen LogP contribution in [0.25, 0.3) is 0 Å². The molecule has 1 atom stereocenters. The zero-order chi connectivity index (χ0) is 11.7. The predicted molar refractivity (Wildman–Crippen MR) is 56.4 cm³/mol. The summed E-state index contributed by atoms with van der Waals surface area (Å²) in [6, 6.07) is 7.25. The smallest absolute Gasteiger partial charge is 0.415 e. The number of hydrogen-bond donors (Lipinski definition) is 1. The highest BCUT2D eigenvalue weighted by Gasteiger charge is 2.36. The molecule has 0 unspecified atom stereocenters. The summed E-state index contributed by atoms with van der Waals surface area (Å²) >= 11 is 0. The van der Waals surface area contributed by atoms with Gasteiger partial charge >= 0.3 is 12.1 Å². The van der Waals surface area contributed by atoms with Crippen LogP contribution in [0.2, 0.25) is 0 Å². The molecule has 1 N–H and O–H groups in total.